The molecule has 160 valence electrons. The number of aryl methyl sites for hydroxylation is 1. The van der Waals surface area contributed by atoms with Crippen LogP contribution in [0.15, 0.2) is 42.5 Å². The quantitative estimate of drug-likeness (QED) is 0.312. The predicted molar refractivity (Wildman–Crippen MR) is 123 cm³/mol. The molecule has 0 bridgehead atoms. The van der Waals surface area contributed by atoms with Crippen molar-refractivity contribution in [1.82, 2.24) is 0 Å². The first-order valence-electron chi connectivity index (χ1n) is 11.3. The molecule has 0 saturated heterocycles. The zero-order valence-electron chi connectivity index (χ0n) is 17.9. The summed E-state index contributed by atoms with van der Waals surface area (Å²) in [4.78, 5) is 0. The zero-order valence-corrected chi connectivity index (χ0v) is 18.7. The summed E-state index contributed by atoms with van der Waals surface area (Å²) in [6.45, 7) is 3.16. The Morgan fingerprint density at radius 3 is 2.47 bits per heavy atom. The van der Waals surface area contributed by atoms with Gasteiger partial charge in [0.05, 0.1) is 11.7 Å². The number of benzene rings is 2. The fourth-order valence-corrected chi connectivity index (χ4v) is 4.20. The molecule has 0 aliphatic heterocycles. The molecule has 0 spiro atoms. The minimum absolute atomic E-state index is 0.369. The second-order valence-corrected chi connectivity index (χ2v) is 8.77. The van der Waals surface area contributed by atoms with Crippen LogP contribution < -0.4 is 0 Å². The van der Waals surface area contributed by atoms with Crippen LogP contribution in [-0.4, -0.2) is 12.7 Å². The van der Waals surface area contributed by atoms with E-state index in [0.717, 1.165) is 24.5 Å². The van der Waals surface area contributed by atoms with Crippen LogP contribution in [0.25, 0.3) is 0 Å². The molecular weight excluding hydrogens is 395 g/mol. The number of hydrogen-bond acceptors (Lipinski definition) is 1. The lowest BCUT2D eigenvalue weighted by Gasteiger charge is -2.28. The Balaban J connectivity index is 1.41. The third kappa shape index (κ3) is 7.46. The molecule has 1 fully saturated rings. The molecule has 0 N–H and O–H groups in total. The monoisotopic (exact) mass is 426 g/mol. The molecule has 1 aliphatic rings. The molecule has 2 aromatic rings. The highest BCUT2D eigenvalue weighted by molar-refractivity contribution is 6.30. The second kappa shape index (κ2) is 12.1. The Morgan fingerprint density at radius 2 is 1.77 bits per heavy atom. The van der Waals surface area contributed by atoms with Crippen molar-refractivity contribution in [3.8, 4) is 11.8 Å². The van der Waals surface area contributed by atoms with Gasteiger partial charge in [-0.1, -0.05) is 55.3 Å². The number of ether oxygens (including phenoxy) is 1. The van der Waals surface area contributed by atoms with Crippen molar-refractivity contribution in [2.24, 2.45) is 5.92 Å². The summed E-state index contributed by atoms with van der Waals surface area (Å²) in [6.07, 6.45) is 11.6. The molecule has 0 unspecified atom stereocenters. The van der Waals surface area contributed by atoms with E-state index < -0.39 is 0 Å². The molecule has 0 aromatic heterocycles. The minimum atomic E-state index is -0.382. The van der Waals surface area contributed by atoms with Crippen molar-refractivity contribution in [2.75, 3.05) is 6.61 Å². The van der Waals surface area contributed by atoms with Crippen LogP contribution in [0.3, 0.4) is 0 Å². The SMILES string of the molecule is CCCCCOC1CCC(CCc2ccc(C#Cc3ccc(Cl)cc3F)cc2)CC1. The highest BCUT2D eigenvalue weighted by atomic mass is 35.5. The average molecular weight is 427 g/mol. The van der Waals surface area contributed by atoms with E-state index in [1.165, 1.54) is 63.0 Å². The van der Waals surface area contributed by atoms with E-state index in [1.807, 2.05) is 12.1 Å². The summed E-state index contributed by atoms with van der Waals surface area (Å²) in [6, 6.07) is 12.9. The first kappa shape index (κ1) is 22.9. The minimum Gasteiger partial charge on any atom is -0.378 e. The van der Waals surface area contributed by atoms with Gasteiger partial charge >= 0.3 is 0 Å². The maximum Gasteiger partial charge on any atom is 0.140 e. The summed E-state index contributed by atoms with van der Waals surface area (Å²) < 4.78 is 19.9. The smallest absolute Gasteiger partial charge is 0.140 e. The fourth-order valence-electron chi connectivity index (χ4n) is 4.05. The number of hydrogen-bond donors (Lipinski definition) is 0. The lowest BCUT2D eigenvalue weighted by molar-refractivity contribution is 0.0155. The Kier molecular flexibility index (Phi) is 9.25. The van der Waals surface area contributed by atoms with Gasteiger partial charge in [-0.15, -0.1) is 0 Å². The molecule has 1 aliphatic carbocycles. The van der Waals surface area contributed by atoms with E-state index in [1.54, 1.807) is 12.1 Å². The van der Waals surface area contributed by atoms with Crippen molar-refractivity contribution in [1.29, 1.82) is 0 Å². The number of rotatable bonds is 8. The Bertz CT molecular complexity index is 841. The van der Waals surface area contributed by atoms with Crippen LogP contribution in [0, 0.1) is 23.6 Å². The molecule has 2 aromatic carbocycles. The van der Waals surface area contributed by atoms with Gasteiger partial charge in [-0.25, -0.2) is 4.39 Å². The first-order chi connectivity index (χ1) is 14.6. The van der Waals surface area contributed by atoms with Gasteiger partial charge in [-0.05, 0) is 86.8 Å². The van der Waals surface area contributed by atoms with Gasteiger partial charge in [0.2, 0.25) is 0 Å². The Labute approximate surface area is 186 Å². The van der Waals surface area contributed by atoms with Gasteiger partial charge in [-0.2, -0.15) is 0 Å². The Hall–Kier alpha value is -1.82. The van der Waals surface area contributed by atoms with Crippen LogP contribution >= 0.6 is 11.6 Å². The summed E-state index contributed by atoms with van der Waals surface area (Å²) in [5, 5.41) is 0.385. The topological polar surface area (TPSA) is 9.23 Å². The van der Waals surface area contributed by atoms with Gasteiger partial charge in [0.15, 0.2) is 0 Å². The average Bonchev–Trinajstić information content (AvgIpc) is 2.76. The third-order valence-electron chi connectivity index (χ3n) is 5.96. The highest BCUT2D eigenvalue weighted by Crippen LogP contribution is 2.29. The normalized spacial score (nSPS) is 18.6. The van der Waals surface area contributed by atoms with E-state index in [9.17, 15) is 4.39 Å². The molecule has 0 atom stereocenters. The van der Waals surface area contributed by atoms with Gasteiger partial charge < -0.3 is 4.74 Å². The van der Waals surface area contributed by atoms with Crippen molar-refractivity contribution < 1.29 is 9.13 Å². The van der Waals surface area contributed by atoms with E-state index in [-0.39, 0.29) is 5.82 Å². The van der Waals surface area contributed by atoms with E-state index in [2.05, 4.69) is 30.9 Å². The highest BCUT2D eigenvalue weighted by Gasteiger charge is 2.21. The summed E-state index contributed by atoms with van der Waals surface area (Å²) in [5.74, 6) is 6.36. The summed E-state index contributed by atoms with van der Waals surface area (Å²) in [7, 11) is 0. The van der Waals surface area contributed by atoms with Gasteiger partial charge in [-0.3, -0.25) is 0 Å². The molecule has 1 saturated carbocycles. The van der Waals surface area contributed by atoms with Gasteiger partial charge in [0, 0.05) is 17.2 Å². The van der Waals surface area contributed by atoms with Crippen molar-refractivity contribution in [3.63, 3.8) is 0 Å². The molecule has 30 heavy (non-hydrogen) atoms. The maximum atomic E-state index is 13.8. The van der Waals surface area contributed by atoms with Crippen molar-refractivity contribution >= 4 is 11.6 Å². The fraction of sp³-hybridized carbons (Fsp3) is 0.481. The van der Waals surface area contributed by atoms with E-state index in [4.69, 9.17) is 16.3 Å². The van der Waals surface area contributed by atoms with Gasteiger partial charge in [0.1, 0.15) is 5.82 Å². The largest absolute Gasteiger partial charge is 0.378 e. The zero-order chi connectivity index (χ0) is 21.2. The summed E-state index contributed by atoms with van der Waals surface area (Å²) >= 11 is 5.78. The lowest BCUT2D eigenvalue weighted by Crippen LogP contribution is -2.22. The van der Waals surface area contributed by atoms with E-state index in [0.29, 0.717) is 16.7 Å². The molecule has 0 amide bonds. The van der Waals surface area contributed by atoms with Crippen LogP contribution in [0.2, 0.25) is 5.02 Å². The van der Waals surface area contributed by atoms with Crippen LogP contribution in [-0.2, 0) is 11.2 Å². The standard InChI is InChI=1S/C27H32ClFO/c1-2-3-4-19-30-26-17-12-23(13-18-26)10-7-21-5-8-22(9-6-21)11-14-24-15-16-25(28)20-27(24)29/h5-6,8-9,15-16,20,23,26H,2-4,7,10,12-13,17-19H2,1H3. The number of unbranched alkanes of at least 4 members (excludes halogenated alkanes) is 2. The van der Waals surface area contributed by atoms with Crippen molar-refractivity contribution in [3.05, 3.63) is 70.0 Å². The maximum absolute atomic E-state index is 13.8. The van der Waals surface area contributed by atoms with Gasteiger partial charge in [0.25, 0.3) is 0 Å². The molecule has 0 heterocycles. The Morgan fingerprint density at radius 1 is 1.00 bits per heavy atom. The first-order valence-corrected chi connectivity index (χ1v) is 11.7. The van der Waals surface area contributed by atoms with Crippen LogP contribution in [0.5, 0.6) is 0 Å². The molecule has 0 radical (unpaired) electrons. The third-order valence-corrected chi connectivity index (χ3v) is 6.20. The second-order valence-electron chi connectivity index (χ2n) is 8.33. The predicted octanol–water partition coefficient (Wildman–Crippen LogP) is 7.58. The lowest BCUT2D eigenvalue weighted by atomic mass is 9.83. The molecule has 3 rings (SSSR count). The molecule has 1 nitrogen and oxygen atoms in total. The number of halogens is 2. The summed E-state index contributed by atoms with van der Waals surface area (Å²) in [5.41, 5.74) is 2.61. The van der Waals surface area contributed by atoms with E-state index >= 15 is 0 Å². The van der Waals surface area contributed by atoms with Crippen LogP contribution in [0.4, 0.5) is 4.39 Å². The van der Waals surface area contributed by atoms with Crippen molar-refractivity contribution in [2.45, 2.75) is 70.8 Å². The van der Waals surface area contributed by atoms with Crippen LogP contribution in [0.1, 0.15) is 75.0 Å². The molecular formula is C27H32ClFO. The molecule has 3 heteroatoms.